The Morgan fingerprint density at radius 3 is 3.06 bits per heavy atom. The van der Waals surface area contributed by atoms with E-state index in [-0.39, 0.29) is 5.12 Å². The first-order valence-electron chi connectivity index (χ1n) is 5.11. The van der Waals surface area contributed by atoms with Crippen LogP contribution in [0.5, 0.6) is 0 Å². The van der Waals surface area contributed by atoms with E-state index in [1.54, 1.807) is 13.1 Å². The molecule has 0 saturated heterocycles. The second kappa shape index (κ2) is 6.33. The van der Waals surface area contributed by atoms with E-state index in [2.05, 4.69) is 4.98 Å². The summed E-state index contributed by atoms with van der Waals surface area (Å²) in [4.78, 5) is 14.9. The fraction of sp³-hybridized carbons (Fsp3) is 0.333. The van der Waals surface area contributed by atoms with Crippen LogP contribution < -0.4 is 5.73 Å². The van der Waals surface area contributed by atoms with E-state index < -0.39 is 0 Å². The van der Waals surface area contributed by atoms with Crippen molar-refractivity contribution in [1.82, 2.24) is 4.98 Å². The van der Waals surface area contributed by atoms with Gasteiger partial charge in [-0.2, -0.15) is 0 Å². The van der Waals surface area contributed by atoms with E-state index in [1.807, 2.05) is 25.1 Å². The Balaban J connectivity index is 2.49. The summed E-state index contributed by atoms with van der Waals surface area (Å²) in [5.74, 6) is 0.820. The number of rotatable bonds is 4. The minimum Gasteiger partial charge on any atom is -0.397 e. The largest absolute Gasteiger partial charge is 0.397 e. The molecule has 0 spiro atoms. The highest BCUT2D eigenvalue weighted by atomic mass is 32.2. The van der Waals surface area contributed by atoms with Crippen molar-refractivity contribution >= 4 is 28.6 Å². The first-order valence-corrected chi connectivity index (χ1v) is 6.10. The number of anilines is 1. The minimum atomic E-state index is 0.162. The van der Waals surface area contributed by atoms with Gasteiger partial charge in [-0.3, -0.25) is 9.78 Å². The number of aromatic nitrogens is 1. The van der Waals surface area contributed by atoms with Gasteiger partial charge >= 0.3 is 0 Å². The van der Waals surface area contributed by atoms with E-state index in [1.165, 1.54) is 11.8 Å². The molecular formula is C12H16N2OS. The summed E-state index contributed by atoms with van der Waals surface area (Å²) in [6.45, 7) is 3.53. The fourth-order valence-electron chi connectivity index (χ4n) is 1.22. The Morgan fingerprint density at radius 1 is 1.62 bits per heavy atom. The Labute approximate surface area is 100 Å². The molecule has 0 fully saturated rings. The zero-order valence-electron chi connectivity index (χ0n) is 9.56. The molecule has 1 aromatic heterocycles. The fourth-order valence-corrected chi connectivity index (χ4v) is 1.76. The van der Waals surface area contributed by atoms with Gasteiger partial charge in [0.05, 0.1) is 11.9 Å². The number of hydrogen-bond donors (Lipinski definition) is 1. The maximum atomic E-state index is 10.7. The van der Waals surface area contributed by atoms with E-state index in [4.69, 9.17) is 5.73 Å². The molecule has 0 saturated carbocycles. The number of thioether (sulfide) groups is 1. The zero-order chi connectivity index (χ0) is 12.0. The predicted molar refractivity (Wildman–Crippen MR) is 70.2 cm³/mol. The third-order valence-electron chi connectivity index (χ3n) is 2.03. The predicted octanol–water partition coefficient (Wildman–Crippen LogP) is 2.66. The maximum Gasteiger partial charge on any atom is 0.185 e. The van der Waals surface area contributed by atoms with Crippen molar-refractivity contribution < 1.29 is 4.79 Å². The molecule has 1 heterocycles. The third-order valence-corrected chi connectivity index (χ3v) is 2.88. The van der Waals surface area contributed by atoms with Gasteiger partial charge in [-0.05, 0) is 25.0 Å². The zero-order valence-corrected chi connectivity index (χ0v) is 10.4. The van der Waals surface area contributed by atoms with Crippen molar-refractivity contribution in [2.45, 2.75) is 20.3 Å². The molecule has 16 heavy (non-hydrogen) atoms. The molecule has 0 amide bonds. The molecule has 0 aliphatic rings. The quantitative estimate of drug-likeness (QED) is 0.816. The summed E-state index contributed by atoms with van der Waals surface area (Å²) >= 11 is 1.34. The van der Waals surface area contributed by atoms with Crippen LogP contribution in [0.2, 0.25) is 0 Å². The number of allylic oxidation sites excluding steroid dienone is 1. The van der Waals surface area contributed by atoms with Gasteiger partial charge < -0.3 is 5.73 Å². The average Bonchev–Trinajstić information content (AvgIpc) is 2.22. The number of nitrogens with two attached hydrogens (primary N) is 1. The summed E-state index contributed by atoms with van der Waals surface area (Å²) in [6, 6.07) is 1.90. The highest BCUT2D eigenvalue weighted by molar-refractivity contribution is 8.13. The minimum absolute atomic E-state index is 0.162. The molecular weight excluding hydrogens is 220 g/mol. The van der Waals surface area contributed by atoms with Gasteiger partial charge in [0.25, 0.3) is 0 Å². The monoisotopic (exact) mass is 236 g/mol. The van der Waals surface area contributed by atoms with Gasteiger partial charge in [0.15, 0.2) is 5.12 Å². The number of nitrogen functional groups attached to an aromatic ring is 1. The van der Waals surface area contributed by atoms with Crippen LogP contribution in [-0.2, 0) is 4.79 Å². The van der Waals surface area contributed by atoms with Crippen LogP contribution in [-0.4, -0.2) is 15.9 Å². The Morgan fingerprint density at radius 2 is 2.38 bits per heavy atom. The van der Waals surface area contributed by atoms with Crippen LogP contribution >= 0.6 is 11.8 Å². The van der Waals surface area contributed by atoms with Crippen molar-refractivity contribution in [1.29, 1.82) is 0 Å². The second-order valence-electron chi connectivity index (χ2n) is 3.47. The van der Waals surface area contributed by atoms with Gasteiger partial charge in [-0.15, -0.1) is 0 Å². The van der Waals surface area contributed by atoms with E-state index >= 15 is 0 Å². The van der Waals surface area contributed by atoms with Gasteiger partial charge in [-0.1, -0.05) is 23.9 Å². The number of nitrogens with zero attached hydrogens (tertiary/aromatic N) is 1. The molecule has 0 bridgehead atoms. The highest BCUT2D eigenvalue weighted by Crippen LogP contribution is 2.12. The van der Waals surface area contributed by atoms with Crippen LogP contribution in [0, 0.1) is 6.92 Å². The van der Waals surface area contributed by atoms with Crippen molar-refractivity contribution in [2.24, 2.45) is 0 Å². The molecule has 0 aliphatic heterocycles. The number of pyridine rings is 1. The van der Waals surface area contributed by atoms with Gasteiger partial charge in [0, 0.05) is 18.4 Å². The number of carbonyl (C=O) groups excluding carboxylic acids is 1. The molecule has 4 heteroatoms. The van der Waals surface area contributed by atoms with Crippen molar-refractivity contribution in [2.75, 3.05) is 11.5 Å². The first kappa shape index (κ1) is 12.8. The summed E-state index contributed by atoms with van der Waals surface area (Å²) < 4.78 is 0. The van der Waals surface area contributed by atoms with Crippen LogP contribution in [0.4, 0.5) is 5.69 Å². The highest BCUT2D eigenvalue weighted by Gasteiger charge is 1.96. The summed E-state index contributed by atoms with van der Waals surface area (Å²) in [7, 11) is 0. The Bertz CT molecular complexity index is 402. The SMILES string of the molecule is CC(=O)SCCC=Cc1cc(N)cnc1C. The normalized spacial score (nSPS) is 10.9. The lowest BCUT2D eigenvalue weighted by Crippen LogP contribution is -1.91. The lowest BCUT2D eigenvalue weighted by atomic mass is 10.1. The number of carbonyl (C=O) groups is 1. The summed E-state index contributed by atoms with van der Waals surface area (Å²) in [6.07, 6.45) is 6.57. The lowest BCUT2D eigenvalue weighted by molar-refractivity contribution is -0.109. The Hall–Kier alpha value is -1.29. The van der Waals surface area contributed by atoms with Crippen LogP contribution in [0.15, 0.2) is 18.3 Å². The number of aryl methyl sites for hydroxylation is 1. The molecule has 1 aromatic rings. The smallest absolute Gasteiger partial charge is 0.185 e. The molecule has 0 atom stereocenters. The molecule has 1 rings (SSSR count). The molecule has 0 aliphatic carbocycles. The molecule has 3 nitrogen and oxygen atoms in total. The first-order chi connectivity index (χ1) is 7.59. The van der Waals surface area contributed by atoms with Crippen molar-refractivity contribution in [3.05, 3.63) is 29.6 Å². The van der Waals surface area contributed by atoms with Crippen molar-refractivity contribution in [3.63, 3.8) is 0 Å². The van der Waals surface area contributed by atoms with Gasteiger partial charge in [0.1, 0.15) is 0 Å². The topological polar surface area (TPSA) is 56.0 Å². The molecule has 2 N–H and O–H groups in total. The van der Waals surface area contributed by atoms with Crippen LogP contribution in [0.25, 0.3) is 6.08 Å². The maximum absolute atomic E-state index is 10.7. The third kappa shape index (κ3) is 4.49. The molecule has 0 aromatic carbocycles. The lowest BCUT2D eigenvalue weighted by Gasteiger charge is -2.00. The van der Waals surface area contributed by atoms with E-state index in [0.717, 1.165) is 23.4 Å². The van der Waals surface area contributed by atoms with Gasteiger partial charge in [0.2, 0.25) is 0 Å². The average molecular weight is 236 g/mol. The van der Waals surface area contributed by atoms with Crippen LogP contribution in [0.1, 0.15) is 24.6 Å². The standard InChI is InChI=1S/C12H16N2OS/c1-9-11(7-12(13)8-14-9)5-3-4-6-16-10(2)15/h3,5,7-8H,4,6,13H2,1-2H3. The number of hydrogen-bond acceptors (Lipinski definition) is 4. The van der Waals surface area contributed by atoms with Gasteiger partial charge in [-0.25, -0.2) is 0 Å². The van der Waals surface area contributed by atoms with Crippen molar-refractivity contribution in [3.8, 4) is 0 Å². The van der Waals surface area contributed by atoms with Crippen LogP contribution in [0.3, 0.4) is 0 Å². The molecule has 0 unspecified atom stereocenters. The summed E-state index contributed by atoms with van der Waals surface area (Å²) in [5, 5.41) is 0.162. The second-order valence-corrected chi connectivity index (χ2v) is 4.75. The molecule has 0 radical (unpaired) electrons. The molecule has 86 valence electrons. The summed E-state index contributed by atoms with van der Waals surface area (Å²) in [5.41, 5.74) is 8.32. The van der Waals surface area contributed by atoms with E-state index in [9.17, 15) is 4.79 Å². The Kier molecular flexibility index (Phi) is 5.05. The van der Waals surface area contributed by atoms with E-state index in [0.29, 0.717) is 5.69 Å².